The Balaban J connectivity index is 1.88. The van der Waals surface area contributed by atoms with Gasteiger partial charge in [-0.2, -0.15) is 0 Å². The predicted molar refractivity (Wildman–Crippen MR) is 62.6 cm³/mol. The van der Waals surface area contributed by atoms with Crippen molar-refractivity contribution in [3.05, 3.63) is 42.2 Å². The van der Waals surface area contributed by atoms with Crippen LogP contribution in [0.25, 0.3) is 0 Å². The fraction of sp³-hybridized carbons (Fsp3) is 0.0833. The third-order valence-electron chi connectivity index (χ3n) is 2.43. The molecule has 6 nitrogen and oxygen atoms in total. The minimum absolute atomic E-state index is 0.126. The van der Waals surface area contributed by atoms with Crippen molar-refractivity contribution in [2.75, 3.05) is 12.1 Å². The van der Waals surface area contributed by atoms with Crippen LogP contribution in [0.15, 0.2) is 36.7 Å². The van der Waals surface area contributed by atoms with Gasteiger partial charge in [-0.15, -0.1) is 0 Å². The molecule has 2 heterocycles. The summed E-state index contributed by atoms with van der Waals surface area (Å²) in [5, 5.41) is 2.59. The minimum Gasteiger partial charge on any atom is -0.454 e. The molecule has 3 rings (SSSR count). The lowest BCUT2D eigenvalue weighted by molar-refractivity contribution is 0.102. The van der Waals surface area contributed by atoms with E-state index in [1.807, 2.05) is 0 Å². The normalized spacial score (nSPS) is 12.2. The molecule has 0 fully saturated rings. The molecule has 1 aromatic carbocycles. The van der Waals surface area contributed by atoms with Gasteiger partial charge in [0.05, 0.1) is 5.56 Å². The Morgan fingerprint density at radius 1 is 1.17 bits per heavy atom. The first-order valence-electron chi connectivity index (χ1n) is 5.31. The summed E-state index contributed by atoms with van der Waals surface area (Å²) >= 11 is 0. The lowest BCUT2D eigenvalue weighted by Gasteiger charge is -2.05. The van der Waals surface area contributed by atoms with Crippen molar-refractivity contribution >= 4 is 11.9 Å². The number of anilines is 1. The number of nitrogens with one attached hydrogen (secondary N) is 1. The van der Waals surface area contributed by atoms with E-state index in [4.69, 9.17) is 9.47 Å². The van der Waals surface area contributed by atoms with Crippen LogP contribution >= 0.6 is 0 Å². The van der Waals surface area contributed by atoms with E-state index in [9.17, 15) is 4.79 Å². The van der Waals surface area contributed by atoms with Gasteiger partial charge >= 0.3 is 0 Å². The van der Waals surface area contributed by atoms with Gasteiger partial charge < -0.3 is 9.47 Å². The molecule has 0 bridgehead atoms. The average Bonchev–Trinajstić information content (AvgIpc) is 2.87. The SMILES string of the molecule is O=C(Nc1ncccn1)c1cccc2c1OCO2. The molecule has 1 N–H and O–H groups in total. The topological polar surface area (TPSA) is 73.3 Å². The van der Waals surface area contributed by atoms with E-state index in [2.05, 4.69) is 15.3 Å². The maximum Gasteiger partial charge on any atom is 0.261 e. The second-order valence-corrected chi connectivity index (χ2v) is 3.57. The van der Waals surface area contributed by atoms with Crippen molar-refractivity contribution in [3.63, 3.8) is 0 Å². The summed E-state index contributed by atoms with van der Waals surface area (Å²) in [6, 6.07) is 6.81. The van der Waals surface area contributed by atoms with Crippen LogP contribution in [0.1, 0.15) is 10.4 Å². The Kier molecular flexibility index (Phi) is 2.53. The Bertz CT molecular complexity index is 586. The Morgan fingerprint density at radius 2 is 2.00 bits per heavy atom. The maximum atomic E-state index is 12.0. The van der Waals surface area contributed by atoms with Crippen molar-refractivity contribution in [1.82, 2.24) is 9.97 Å². The molecule has 2 aromatic rings. The van der Waals surface area contributed by atoms with Gasteiger partial charge in [0.1, 0.15) is 0 Å². The van der Waals surface area contributed by atoms with Crippen LogP contribution in [0.2, 0.25) is 0 Å². The van der Waals surface area contributed by atoms with Crippen LogP contribution in [0.3, 0.4) is 0 Å². The molecule has 1 aliphatic heterocycles. The van der Waals surface area contributed by atoms with Crippen LogP contribution in [-0.4, -0.2) is 22.7 Å². The van der Waals surface area contributed by atoms with Crippen molar-refractivity contribution in [3.8, 4) is 11.5 Å². The smallest absolute Gasteiger partial charge is 0.261 e. The molecule has 0 unspecified atom stereocenters. The van der Waals surface area contributed by atoms with E-state index in [1.54, 1.807) is 36.7 Å². The van der Waals surface area contributed by atoms with E-state index < -0.39 is 0 Å². The number of hydrogen-bond acceptors (Lipinski definition) is 5. The molecule has 1 aliphatic rings. The number of fused-ring (bicyclic) bond motifs is 1. The molecule has 0 radical (unpaired) electrons. The number of aromatic nitrogens is 2. The Labute approximate surface area is 103 Å². The molecule has 0 saturated carbocycles. The van der Waals surface area contributed by atoms with Crippen LogP contribution < -0.4 is 14.8 Å². The molecule has 1 aromatic heterocycles. The highest BCUT2D eigenvalue weighted by atomic mass is 16.7. The molecule has 0 aliphatic carbocycles. The maximum absolute atomic E-state index is 12.0. The zero-order valence-corrected chi connectivity index (χ0v) is 9.29. The number of carbonyl (C=O) groups is 1. The van der Waals surface area contributed by atoms with E-state index in [0.29, 0.717) is 17.1 Å². The van der Waals surface area contributed by atoms with Crippen molar-refractivity contribution in [2.45, 2.75) is 0 Å². The van der Waals surface area contributed by atoms with E-state index in [1.165, 1.54) is 0 Å². The molecule has 6 heteroatoms. The van der Waals surface area contributed by atoms with E-state index >= 15 is 0 Å². The molecular weight excluding hydrogens is 234 g/mol. The second-order valence-electron chi connectivity index (χ2n) is 3.57. The van der Waals surface area contributed by atoms with Crippen LogP contribution in [0.4, 0.5) is 5.95 Å². The van der Waals surface area contributed by atoms with Gasteiger partial charge in [0.2, 0.25) is 12.7 Å². The largest absolute Gasteiger partial charge is 0.454 e. The lowest BCUT2D eigenvalue weighted by atomic mass is 10.2. The summed E-state index contributed by atoms with van der Waals surface area (Å²) in [6.45, 7) is 0.126. The molecule has 0 saturated heterocycles. The number of carbonyl (C=O) groups excluding carboxylic acids is 1. The number of para-hydroxylation sites is 1. The number of benzene rings is 1. The van der Waals surface area contributed by atoms with E-state index in [0.717, 1.165) is 0 Å². The molecule has 0 atom stereocenters. The quantitative estimate of drug-likeness (QED) is 0.864. The zero-order chi connectivity index (χ0) is 12.4. The summed E-state index contributed by atoms with van der Waals surface area (Å²) in [5.41, 5.74) is 0.400. The van der Waals surface area contributed by atoms with Crippen molar-refractivity contribution < 1.29 is 14.3 Å². The van der Waals surface area contributed by atoms with Gasteiger partial charge in [-0.1, -0.05) is 6.07 Å². The monoisotopic (exact) mass is 243 g/mol. The third kappa shape index (κ3) is 1.84. The average molecular weight is 243 g/mol. The zero-order valence-electron chi connectivity index (χ0n) is 9.29. The number of nitrogens with zero attached hydrogens (tertiary/aromatic N) is 2. The van der Waals surface area contributed by atoms with Gasteiger partial charge in [-0.3, -0.25) is 10.1 Å². The Hall–Kier alpha value is -2.63. The fourth-order valence-electron chi connectivity index (χ4n) is 1.64. The van der Waals surface area contributed by atoms with Crippen molar-refractivity contribution in [2.24, 2.45) is 0 Å². The van der Waals surface area contributed by atoms with E-state index in [-0.39, 0.29) is 18.6 Å². The number of rotatable bonds is 2. The standard InChI is InChI=1S/C12H9N3O3/c16-11(15-12-13-5-2-6-14-12)8-3-1-4-9-10(8)18-7-17-9/h1-6H,7H2,(H,13,14,15,16). The summed E-state index contributed by atoms with van der Waals surface area (Å²) in [5.74, 6) is 0.935. The molecule has 0 spiro atoms. The molecule has 18 heavy (non-hydrogen) atoms. The first-order valence-corrected chi connectivity index (χ1v) is 5.31. The molecule has 90 valence electrons. The highest BCUT2D eigenvalue weighted by Gasteiger charge is 2.22. The molecule has 1 amide bonds. The van der Waals surface area contributed by atoms with Crippen LogP contribution in [-0.2, 0) is 0 Å². The van der Waals surface area contributed by atoms with Gasteiger partial charge in [0.25, 0.3) is 5.91 Å². The van der Waals surface area contributed by atoms with Gasteiger partial charge in [-0.05, 0) is 18.2 Å². The highest BCUT2D eigenvalue weighted by molar-refractivity contribution is 6.06. The van der Waals surface area contributed by atoms with Crippen LogP contribution in [0, 0.1) is 0 Å². The number of ether oxygens (including phenoxy) is 2. The van der Waals surface area contributed by atoms with Gasteiger partial charge in [0.15, 0.2) is 11.5 Å². The fourth-order valence-corrected chi connectivity index (χ4v) is 1.64. The molecular formula is C12H9N3O3. The van der Waals surface area contributed by atoms with Crippen LogP contribution in [0.5, 0.6) is 11.5 Å². The van der Waals surface area contributed by atoms with Gasteiger partial charge in [-0.25, -0.2) is 9.97 Å². The first kappa shape index (κ1) is 10.5. The predicted octanol–water partition coefficient (Wildman–Crippen LogP) is 1.46. The summed E-state index contributed by atoms with van der Waals surface area (Å²) < 4.78 is 10.5. The number of amides is 1. The lowest BCUT2D eigenvalue weighted by Crippen LogP contribution is -2.14. The van der Waals surface area contributed by atoms with Crippen molar-refractivity contribution in [1.29, 1.82) is 0 Å². The summed E-state index contributed by atoms with van der Waals surface area (Å²) in [7, 11) is 0. The van der Waals surface area contributed by atoms with Gasteiger partial charge in [0, 0.05) is 12.4 Å². The highest BCUT2D eigenvalue weighted by Crippen LogP contribution is 2.35. The summed E-state index contributed by atoms with van der Waals surface area (Å²) in [6.07, 6.45) is 3.11. The second kappa shape index (κ2) is 4.33. The Morgan fingerprint density at radius 3 is 2.83 bits per heavy atom. The number of hydrogen-bond donors (Lipinski definition) is 1. The first-order chi connectivity index (χ1) is 8.84. The minimum atomic E-state index is -0.330. The third-order valence-corrected chi connectivity index (χ3v) is 2.43. The summed E-state index contributed by atoms with van der Waals surface area (Å²) in [4.78, 5) is 19.9.